The molecule has 0 saturated carbocycles. The Balaban J connectivity index is 1.84. The molecule has 5 heteroatoms. The highest BCUT2D eigenvalue weighted by Crippen LogP contribution is 2.34. The molecule has 4 nitrogen and oxygen atoms in total. The lowest BCUT2D eigenvalue weighted by molar-refractivity contribution is 0.441. The van der Waals surface area contributed by atoms with Gasteiger partial charge in [-0.3, -0.25) is 0 Å². The molecular formula is C28H36N2O2S. The van der Waals surface area contributed by atoms with Gasteiger partial charge in [-0.25, -0.2) is 4.99 Å². The molecule has 0 aliphatic heterocycles. The van der Waals surface area contributed by atoms with Crippen LogP contribution in [0.15, 0.2) is 41.4 Å². The van der Waals surface area contributed by atoms with E-state index in [1.807, 2.05) is 19.9 Å². The number of aromatic nitrogens is 1. The largest absolute Gasteiger partial charge is 0.508 e. The Hall–Kier alpha value is -2.66. The van der Waals surface area contributed by atoms with Crippen molar-refractivity contribution in [1.29, 1.82) is 0 Å². The third kappa shape index (κ3) is 5.30. The first-order valence-corrected chi connectivity index (χ1v) is 12.3. The average molecular weight is 465 g/mol. The van der Waals surface area contributed by atoms with Gasteiger partial charge in [0.2, 0.25) is 0 Å². The van der Waals surface area contributed by atoms with Gasteiger partial charge in [0.25, 0.3) is 0 Å². The van der Waals surface area contributed by atoms with E-state index in [1.165, 1.54) is 28.2 Å². The number of hydrogen-bond donors (Lipinski definition) is 2. The maximum Gasteiger partial charge on any atom is 0.123 e. The van der Waals surface area contributed by atoms with Crippen LogP contribution in [0.3, 0.4) is 0 Å². The van der Waals surface area contributed by atoms with Crippen molar-refractivity contribution in [1.82, 2.24) is 4.57 Å². The second-order valence-corrected chi connectivity index (χ2v) is 9.38. The van der Waals surface area contributed by atoms with E-state index in [1.54, 1.807) is 0 Å². The van der Waals surface area contributed by atoms with Crippen molar-refractivity contribution in [3.8, 4) is 11.5 Å². The van der Waals surface area contributed by atoms with Crippen molar-refractivity contribution in [2.75, 3.05) is 0 Å². The predicted octanol–water partition coefficient (Wildman–Crippen LogP) is 7.01. The summed E-state index contributed by atoms with van der Waals surface area (Å²) in [6.07, 6.45) is 3.23. The molecule has 2 unspecified atom stereocenters. The number of phenolic OH excluding ortho intramolecular Hbond substituents is 2. The molecule has 0 spiro atoms. The van der Waals surface area contributed by atoms with Gasteiger partial charge in [0.05, 0.1) is 0 Å². The number of aryl methyl sites for hydroxylation is 3. The lowest BCUT2D eigenvalue weighted by Crippen LogP contribution is -2.17. The SMILES string of the molecule is CCC(=NC(=S)C(CC)Cc1ccc2c(c1)cc(C)n2C)C(C)c1cc(CC)c(O)cc1O. The molecule has 2 N–H and O–H groups in total. The van der Waals surface area contributed by atoms with E-state index < -0.39 is 0 Å². The number of aliphatic imine (C=N–C) groups is 1. The molecule has 2 atom stereocenters. The van der Waals surface area contributed by atoms with E-state index in [0.717, 1.165) is 41.1 Å². The Bertz CT molecular complexity index is 1190. The number of hydrogen-bond acceptors (Lipinski definition) is 3. The summed E-state index contributed by atoms with van der Waals surface area (Å²) < 4.78 is 2.21. The molecule has 2 aromatic carbocycles. The van der Waals surface area contributed by atoms with Crippen molar-refractivity contribution >= 4 is 33.8 Å². The minimum Gasteiger partial charge on any atom is -0.508 e. The van der Waals surface area contributed by atoms with Crippen LogP contribution in [-0.4, -0.2) is 25.5 Å². The van der Waals surface area contributed by atoms with Crippen LogP contribution < -0.4 is 0 Å². The summed E-state index contributed by atoms with van der Waals surface area (Å²) in [5.41, 5.74) is 6.33. The number of benzene rings is 2. The first-order valence-electron chi connectivity index (χ1n) is 11.9. The fourth-order valence-electron chi connectivity index (χ4n) is 4.52. The quantitative estimate of drug-likeness (QED) is 0.278. The maximum atomic E-state index is 10.5. The Morgan fingerprint density at radius 1 is 1.06 bits per heavy atom. The van der Waals surface area contributed by atoms with Gasteiger partial charge in [-0.1, -0.05) is 46.0 Å². The highest BCUT2D eigenvalue weighted by Gasteiger charge is 2.20. The van der Waals surface area contributed by atoms with E-state index in [0.29, 0.717) is 6.42 Å². The number of aromatic hydroxyl groups is 2. The molecule has 3 aromatic rings. The standard InChI is InChI=1S/C28H36N2O2S/c1-7-20-15-23(27(32)16-26(20)31)18(5)24(9-3)29-28(33)21(8-2)13-19-10-11-25-22(14-19)12-17(4)30(25)6/h10-12,14-16,18,21,31-32H,7-9,13H2,1-6H3. The minimum absolute atomic E-state index is 0.0833. The summed E-state index contributed by atoms with van der Waals surface area (Å²) in [5, 5.41) is 21.8. The van der Waals surface area contributed by atoms with Crippen LogP contribution >= 0.6 is 12.2 Å². The fraction of sp³-hybridized carbons (Fsp3) is 0.429. The zero-order chi connectivity index (χ0) is 24.3. The number of rotatable bonds is 8. The summed E-state index contributed by atoms with van der Waals surface area (Å²) >= 11 is 5.81. The molecule has 0 aliphatic carbocycles. The molecule has 0 bridgehead atoms. The number of thiocarbonyl (C=S) groups is 1. The van der Waals surface area contributed by atoms with E-state index in [9.17, 15) is 10.2 Å². The summed E-state index contributed by atoms with van der Waals surface area (Å²) in [6.45, 7) is 10.4. The minimum atomic E-state index is -0.0833. The van der Waals surface area contributed by atoms with Gasteiger partial charge in [-0.15, -0.1) is 0 Å². The normalized spacial score (nSPS) is 13.9. The molecule has 33 heavy (non-hydrogen) atoms. The van der Waals surface area contributed by atoms with E-state index in [4.69, 9.17) is 17.2 Å². The van der Waals surface area contributed by atoms with Crippen LogP contribution in [0.5, 0.6) is 11.5 Å². The first kappa shape index (κ1) is 25.0. The summed E-state index contributed by atoms with van der Waals surface area (Å²) in [7, 11) is 2.10. The second-order valence-electron chi connectivity index (χ2n) is 8.96. The average Bonchev–Trinajstić information content (AvgIpc) is 3.08. The van der Waals surface area contributed by atoms with Gasteiger partial charge in [-0.2, -0.15) is 0 Å². The predicted molar refractivity (Wildman–Crippen MR) is 143 cm³/mol. The van der Waals surface area contributed by atoms with Crippen LogP contribution in [0.2, 0.25) is 0 Å². The molecule has 0 amide bonds. The number of fused-ring (bicyclic) bond motifs is 1. The van der Waals surface area contributed by atoms with Crippen molar-refractivity contribution < 1.29 is 10.2 Å². The highest BCUT2D eigenvalue weighted by atomic mass is 32.1. The first-order chi connectivity index (χ1) is 15.7. The van der Waals surface area contributed by atoms with Gasteiger partial charge in [0.1, 0.15) is 16.5 Å². The van der Waals surface area contributed by atoms with Crippen molar-refractivity contribution in [3.05, 3.63) is 58.8 Å². The topological polar surface area (TPSA) is 57.8 Å². The van der Waals surface area contributed by atoms with Gasteiger partial charge < -0.3 is 14.8 Å². The number of phenols is 2. The van der Waals surface area contributed by atoms with E-state index in [-0.39, 0.29) is 23.3 Å². The molecule has 176 valence electrons. The third-order valence-corrected chi connectivity index (χ3v) is 7.29. The lowest BCUT2D eigenvalue weighted by atomic mass is 9.91. The van der Waals surface area contributed by atoms with Gasteiger partial charge in [-0.05, 0) is 68.0 Å². The van der Waals surface area contributed by atoms with Gasteiger partial charge >= 0.3 is 0 Å². The molecule has 0 saturated heterocycles. The second kappa shape index (κ2) is 10.5. The van der Waals surface area contributed by atoms with Crippen molar-refractivity contribution in [2.45, 2.75) is 66.2 Å². The summed E-state index contributed by atoms with van der Waals surface area (Å²) in [4.78, 5) is 5.63. The maximum absolute atomic E-state index is 10.5. The Labute approximate surface area is 203 Å². The van der Waals surface area contributed by atoms with E-state index >= 15 is 0 Å². The smallest absolute Gasteiger partial charge is 0.123 e. The van der Waals surface area contributed by atoms with Crippen LogP contribution in [0.4, 0.5) is 0 Å². The molecule has 3 rings (SSSR count). The molecule has 1 heterocycles. The molecule has 0 fully saturated rings. The summed E-state index contributed by atoms with van der Waals surface area (Å²) in [6, 6.07) is 12.2. The van der Waals surface area contributed by atoms with Crippen LogP contribution in [-0.2, 0) is 19.9 Å². The van der Waals surface area contributed by atoms with Gasteiger partial charge in [0, 0.05) is 52.8 Å². The van der Waals surface area contributed by atoms with Crippen molar-refractivity contribution in [3.63, 3.8) is 0 Å². The Kier molecular flexibility index (Phi) is 7.96. The van der Waals surface area contributed by atoms with Crippen LogP contribution in [0, 0.1) is 12.8 Å². The van der Waals surface area contributed by atoms with Crippen molar-refractivity contribution in [2.24, 2.45) is 18.0 Å². The molecule has 1 aromatic heterocycles. The Morgan fingerprint density at radius 3 is 2.42 bits per heavy atom. The third-order valence-electron chi connectivity index (χ3n) is 6.86. The highest BCUT2D eigenvalue weighted by molar-refractivity contribution is 7.80. The van der Waals surface area contributed by atoms with Crippen LogP contribution in [0.1, 0.15) is 68.8 Å². The zero-order valence-electron chi connectivity index (χ0n) is 20.6. The molecular weight excluding hydrogens is 428 g/mol. The Morgan fingerprint density at radius 2 is 1.79 bits per heavy atom. The van der Waals surface area contributed by atoms with Gasteiger partial charge in [0.15, 0.2) is 0 Å². The molecule has 0 radical (unpaired) electrons. The molecule has 0 aliphatic rings. The van der Waals surface area contributed by atoms with E-state index in [2.05, 4.69) is 56.7 Å². The number of nitrogens with zero attached hydrogens (tertiary/aromatic N) is 2. The monoisotopic (exact) mass is 464 g/mol. The fourth-order valence-corrected chi connectivity index (χ4v) is 4.89. The zero-order valence-corrected chi connectivity index (χ0v) is 21.5. The summed E-state index contributed by atoms with van der Waals surface area (Å²) in [5.74, 6) is 0.325. The lowest BCUT2D eigenvalue weighted by Gasteiger charge is -2.20. The van der Waals surface area contributed by atoms with Crippen LogP contribution in [0.25, 0.3) is 10.9 Å².